The summed E-state index contributed by atoms with van der Waals surface area (Å²) in [6, 6.07) is -1.12. The summed E-state index contributed by atoms with van der Waals surface area (Å²) in [5.41, 5.74) is 5.22. The first-order chi connectivity index (χ1) is 6.85. The Hall–Kier alpha value is -0.660. The number of carbonyl (C=O) groups is 1. The van der Waals surface area contributed by atoms with Crippen LogP contribution in [-0.2, 0) is 14.8 Å². The normalized spacial score (nSPS) is 14.1. The lowest BCUT2D eigenvalue weighted by Crippen LogP contribution is -2.37. The molecule has 0 bridgehead atoms. The molecule has 0 unspecified atom stereocenters. The van der Waals surface area contributed by atoms with E-state index in [1.165, 1.54) is 4.31 Å². The molecule has 0 saturated heterocycles. The number of hydrogen-bond donors (Lipinski definition) is 2. The maximum absolute atomic E-state index is 11.6. The molecule has 0 aromatic heterocycles. The zero-order valence-electron chi connectivity index (χ0n) is 9.01. The second kappa shape index (κ2) is 6.04. The smallest absolute Gasteiger partial charge is 0.320 e. The van der Waals surface area contributed by atoms with Crippen LogP contribution in [0.15, 0.2) is 0 Å². The van der Waals surface area contributed by atoms with Crippen molar-refractivity contribution in [1.82, 2.24) is 4.31 Å². The Morgan fingerprint density at radius 1 is 1.40 bits per heavy atom. The fraction of sp³-hybridized carbons (Fsp3) is 0.875. The minimum Gasteiger partial charge on any atom is -0.480 e. The molecule has 0 radical (unpaired) electrons. The Labute approximate surface area is 90.1 Å². The van der Waals surface area contributed by atoms with Gasteiger partial charge in [0, 0.05) is 13.1 Å². The molecule has 1 atom stereocenters. The molecule has 0 spiro atoms. The Morgan fingerprint density at radius 3 is 2.20 bits per heavy atom. The lowest BCUT2D eigenvalue weighted by atomic mass is 10.2. The third kappa shape index (κ3) is 4.59. The maximum atomic E-state index is 11.6. The molecule has 0 rings (SSSR count). The van der Waals surface area contributed by atoms with Crippen LogP contribution in [0, 0.1) is 0 Å². The van der Waals surface area contributed by atoms with Gasteiger partial charge in [-0.3, -0.25) is 4.79 Å². The van der Waals surface area contributed by atoms with E-state index in [0.29, 0.717) is 13.1 Å². The summed E-state index contributed by atoms with van der Waals surface area (Å²) in [6.07, 6.45) is -0.0613. The van der Waals surface area contributed by atoms with Crippen LogP contribution in [0.25, 0.3) is 0 Å². The van der Waals surface area contributed by atoms with Crippen molar-refractivity contribution in [2.75, 3.05) is 18.8 Å². The Balaban J connectivity index is 4.33. The predicted molar refractivity (Wildman–Crippen MR) is 56.9 cm³/mol. The Bertz CT molecular complexity index is 298. The van der Waals surface area contributed by atoms with Crippen molar-refractivity contribution in [3.63, 3.8) is 0 Å². The fourth-order valence-corrected chi connectivity index (χ4v) is 2.74. The fourth-order valence-electron chi connectivity index (χ4n) is 1.15. The number of aliphatic carboxylic acids is 1. The molecular weight excluding hydrogens is 220 g/mol. The van der Waals surface area contributed by atoms with Crippen molar-refractivity contribution in [1.29, 1.82) is 0 Å². The van der Waals surface area contributed by atoms with Crippen LogP contribution in [-0.4, -0.2) is 48.7 Å². The summed E-state index contributed by atoms with van der Waals surface area (Å²) in [5.74, 6) is -1.40. The summed E-state index contributed by atoms with van der Waals surface area (Å²) < 4.78 is 24.5. The van der Waals surface area contributed by atoms with Gasteiger partial charge in [0.15, 0.2) is 0 Å². The molecule has 0 aliphatic rings. The van der Waals surface area contributed by atoms with Crippen LogP contribution in [0.1, 0.15) is 20.3 Å². The summed E-state index contributed by atoms with van der Waals surface area (Å²) in [6.45, 7) is 4.25. The van der Waals surface area contributed by atoms with Gasteiger partial charge in [0.1, 0.15) is 6.04 Å². The van der Waals surface area contributed by atoms with E-state index in [2.05, 4.69) is 0 Å². The molecule has 0 aromatic carbocycles. The van der Waals surface area contributed by atoms with Crippen LogP contribution in [0.2, 0.25) is 0 Å². The van der Waals surface area contributed by atoms with Crippen LogP contribution in [0.4, 0.5) is 0 Å². The molecule has 0 heterocycles. The SMILES string of the molecule is CCN(CC)S(=O)(=O)CC[C@@H](N)C(=O)O. The first kappa shape index (κ1) is 14.3. The zero-order valence-corrected chi connectivity index (χ0v) is 9.83. The van der Waals surface area contributed by atoms with Crippen molar-refractivity contribution >= 4 is 16.0 Å². The molecule has 7 heteroatoms. The zero-order chi connectivity index (χ0) is 12.1. The Morgan fingerprint density at radius 2 is 1.87 bits per heavy atom. The highest BCUT2D eigenvalue weighted by atomic mass is 32.2. The summed E-state index contributed by atoms with van der Waals surface area (Å²) in [4.78, 5) is 10.4. The van der Waals surface area contributed by atoms with Crippen LogP contribution >= 0.6 is 0 Å². The molecule has 15 heavy (non-hydrogen) atoms. The highest BCUT2D eigenvalue weighted by Crippen LogP contribution is 2.04. The number of sulfonamides is 1. The first-order valence-corrected chi connectivity index (χ1v) is 6.42. The lowest BCUT2D eigenvalue weighted by Gasteiger charge is -2.18. The van der Waals surface area contributed by atoms with Gasteiger partial charge in [0.25, 0.3) is 0 Å². The maximum Gasteiger partial charge on any atom is 0.320 e. The van der Waals surface area contributed by atoms with E-state index in [1.54, 1.807) is 13.8 Å². The number of nitrogens with zero attached hydrogens (tertiary/aromatic N) is 1. The molecule has 0 aliphatic heterocycles. The molecule has 90 valence electrons. The van der Waals surface area contributed by atoms with Crippen molar-refractivity contribution in [3.8, 4) is 0 Å². The number of carboxylic acid groups (broad SMARTS) is 1. The molecule has 0 aromatic rings. The van der Waals surface area contributed by atoms with Gasteiger partial charge in [-0.15, -0.1) is 0 Å². The van der Waals surface area contributed by atoms with E-state index in [4.69, 9.17) is 10.8 Å². The molecule has 0 saturated carbocycles. The van der Waals surface area contributed by atoms with Gasteiger partial charge < -0.3 is 10.8 Å². The molecule has 6 nitrogen and oxygen atoms in total. The van der Waals surface area contributed by atoms with Gasteiger partial charge in [0.05, 0.1) is 5.75 Å². The molecule has 0 aliphatic carbocycles. The van der Waals surface area contributed by atoms with Crippen LogP contribution in [0.3, 0.4) is 0 Å². The predicted octanol–water partition coefficient (Wildman–Crippen LogP) is -0.540. The largest absolute Gasteiger partial charge is 0.480 e. The van der Waals surface area contributed by atoms with E-state index in [0.717, 1.165) is 0 Å². The second-order valence-corrected chi connectivity index (χ2v) is 5.22. The summed E-state index contributed by atoms with van der Waals surface area (Å²) >= 11 is 0. The average molecular weight is 238 g/mol. The van der Waals surface area contributed by atoms with E-state index in [9.17, 15) is 13.2 Å². The van der Waals surface area contributed by atoms with E-state index in [-0.39, 0.29) is 12.2 Å². The topological polar surface area (TPSA) is 101 Å². The summed E-state index contributed by atoms with van der Waals surface area (Å²) in [5, 5.41) is 8.50. The van der Waals surface area contributed by atoms with Crippen molar-refractivity contribution in [2.24, 2.45) is 5.73 Å². The molecular formula is C8H18N2O4S. The summed E-state index contributed by atoms with van der Waals surface area (Å²) in [7, 11) is -3.36. The van der Waals surface area contributed by atoms with Gasteiger partial charge in [-0.25, -0.2) is 12.7 Å². The van der Waals surface area contributed by atoms with Gasteiger partial charge in [-0.1, -0.05) is 13.8 Å². The van der Waals surface area contributed by atoms with Gasteiger partial charge >= 0.3 is 5.97 Å². The third-order valence-corrected chi connectivity index (χ3v) is 4.16. The number of rotatable bonds is 7. The van der Waals surface area contributed by atoms with Crippen LogP contribution < -0.4 is 5.73 Å². The third-order valence-electron chi connectivity index (χ3n) is 2.10. The number of hydrogen-bond acceptors (Lipinski definition) is 4. The van der Waals surface area contributed by atoms with Gasteiger partial charge in [-0.05, 0) is 6.42 Å². The van der Waals surface area contributed by atoms with Crippen molar-refractivity contribution in [3.05, 3.63) is 0 Å². The average Bonchev–Trinajstić information content (AvgIpc) is 2.15. The highest BCUT2D eigenvalue weighted by Gasteiger charge is 2.21. The number of nitrogens with two attached hydrogens (primary N) is 1. The van der Waals surface area contributed by atoms with Gasteiger partial charge in [0.2, 0.25) is 10.0 Å². The quantitative estimate of drug-likeness (QED) is 0.620. The lowest BCUT2D eigenvalue weighted by molar-refractivity contribution is -0.138. The van der Waals surface area contributed by atoms with Crippen molar-refractivity contribution < 1.29 is 18.3 Å². The highest BCUT2D eigenvalue weighted by molar-refractivity contribution is 7.89. The first-order valence-electron chi connectivity index (χ1n) is 4.81. The van der Waals surface area contributed by atoms with Crippen LogP contribution in [0.5, 0.6) is 0 Å². The molecule has 3 N–H and O–H groups in total. The monoisotopic (exact) mass is 238 g/mol. The molecule has 0 amide bonds. The van der Waals surface area contributed by atoms with E-state index in [1.807, 2.05) is 0 Å². The standard InChI is InChI=1S/C8H18N2O4S/c1-3-10(4-2)15(13,14)6-5-7(9)8(11)12/h7H,3-6,9H2,1-2H3,(H,11,12)/t7-/m1/s1. The van der Waals surface area contributed by atoms with E-state index < -0.39 is 22.0 Å². The Kier molecular flexibility index (Phi) is 5.77. The minimum atomic E-state index is -3.36. The van der Waals surface area contributed by atoms with E-state index >= 15 is 0 Å². The van der Waals surface area contributed by atoms with Crippen molar-refractivity contribution in [2.45, 2.75) is 26.3 Å². The van der Waals surface area contributed by atoms with Gasteiger partial charge in [-0.2, -0.15) is 0 Å². The molecule has 0 fully saturated rings. The second-order valence-electron chi connectivity index (χ2n) is 3.13. The minimum absolute atomic E-state index is 0.0613. The number of carboxylic acids is 1.